The Balaban J connectivity index is 2.61. The number of hydrogen-bond donors (Lipinski definition) is 2. The molecule has 88 valence electrons. The van der Waals surface area contributed by atoms with Crippen molar-refractivity contribution in [2.45, 2.75) is 0 Å². The Morgan fingerprint density at radius 2 is 2.24 bits per heavy atom. The van der Waals surface area contributed by atoms with Crippen LogP contribution in [-0.2, 0) is 0 Å². The largest absolute Gasteiger partial charge is 0.476 e. The number of hydrogen-bond acceptors (Lipinski definition) is 2. The molecule has 0 aliphatic rings. The predicted molar refractivity (Wildman–Crippen MR) is 63.7 cm³/mol. The van der Waals surface area contributed by atoms with Gasteiger partial charge in [-0.25, -0.2) is 9.18 Å². The van der Waals surface area contributed by atoms with E-state index in [1.54, 1.807) is 0 Å². The minimum Gasteiger partial charge on any atom is -0.476 e. The first-order chi connectivity index (χ1) is 8.00. The molecule has 1 aromatic carbocycles. The fourth-order valence-electron chi connectivity index (χ4n) is 1.33. The number of nitrogens with one attached hydrogen (secondary N) is 1. The predicted octanol–water partition coefficient (Wildman–Crippen LogP) is 3.33. The van der Waals surface area contributed by atoms with Gasteiger partial charge in [0, 0.05) is 10.6 Å². The van der Waals surface area contributed by atoms with Crippen molar-refractivity contribution in [3.05, 3.63) is 39.2 Å². The summed E-state index contributed by atoms with van der Waals surface area (Å²) in [5.74, 6) is -1.71. The number of aromatic nitrogens is 2. The van der Waals surface area contributed by atoms with E-state index in [2.05, 4.69) is 26.1 Å². The Kier molecular flexibility index (Phi) is 3.17. The van der Waals surface area contributed by atoms with Gasteiger partial charge in [0.25, 0.3) is 0 Å². The van der Waals surface area contributed by atoms with E-state index >= 15 is 0 Å². The van der Waals surface area contributed by atoms with Gasteiger partial charge in [-0.1, -0.05) is 11.6 Å². The smallest absolute Gasteiger partial charge is 0.355 e. The van der Waals surface area contributed by atoms with Gasteiger partial charge in [0.1, 0.15) is 11.5 Å². The van der Waals surface area contributed by atoms with Gasteiger partial charge in [-0.05, 0) is 34.1 Å². The second kappa shape index (κ2) is 4.46. The standard InChI is InChI=1S/C10H5BrClFN2O2/c11-7-8(14-15-9(7)10(16)17)5-3-4(12)1-2-6(5)13/h1-3H,(H,14,15)(H,16,17). The Bertz CT molecular complexity index is 600. The topological polar surface area (TPSA) is 66.0 Å². The summed E-state index contributed by atoms with van der Waals surface area (Å²) in [6, 6.07) is 3.97. The number of carboxylic acids is 1. The molecule has 0 unspecified atom stereocenters. The van der Waals surface area contributed by atoms with Crippen molar-refractivity contribution in [3.63, 3.8) is 0 Å². The molecular formula is C10H5BrClFN2O2. The summed E-state index contributed by atoms with van der Waals surface area (Å²) in [5, 5.41) is 15.2. The first-order valence-corrected chi connectivity index (χ1v) is 5.60. The number of carboxylic acid groups (broad SMARTS) is 1. The summed E-state index contributed by atoms with van der Waals surface area (Å²) in [6.45, 7) is 0. The maximum absolute atomic E-state index is 13.6. The van der Waals surface area contributed by atoms with Crippen LogP contribution in [-0.4, -0.2) is 21.3 Å². The number of H-pyrrole nitrogens is 1. The van der Waals surface area contributed by atoms with Crippen LogP contribution in [0.2, 0.25) is 5.02 Å². The number of nitrogens with zero attached hydrogens (tertiary/aromatic N) is 1. The lowest BCUT2D eigenvalue weighted by atomic mass is 10.1. The Labute approximate surface area is 109 Å². The van der Waals surface area contributed by atoms with Crippen LogP contribution in [0.15, 0.2) is 22.7 Å². The van der Waals surface area contributed by atoms with E-state index < -0.39 is 11.8 Å². The Morgan fingerprint density at radius 1 is 1.53 bits per heavy atom. The fourth-order valence-corrected chi connectivity index (χ4v) is 2.06. The molecule has 2 rings (SSSR count). The first kappa shape index (κ1) is 12.1. The highest BCUT2D eigenvalue weighted by Crippen LogP contribution is 2.32. The molecule has 0 atom stereocenters. The van der Waals surface area contributed by atoms with Crippen molar-refractivity contribution < 1.29 is 14.3 Å². The molecule has 2 aromatic rings. The van der Waals surface area contributed by atoms with Crippen LogP contribution in [0.25, 0.3) is 11.3 Å². The zero-order chi connectivity index (χ0) is 12.6. The number of aromatic amines is 1. The van der Waals surface area contributed by atoms with Crippen molar-refractivity contribution in [2.24, 2.45) is 0 Å². The molecule has 4 nitrogen and oxygen atoms in total. The van der Waals surface area contributed by atoms with E-state index in [1.165, 1.54) is 18.2 Å². The monoisotopic (exact) mass is 318 g/mol. The molecule has 0 radical (unpaired) electrons. The molecule has 0 amide bonds. The van der Waals surface area contributed by atoms with Gasteiger partial charge >= 0.3 is 5.97 Å². The van der Waals surface area contributed by atoms with E-state index in [9.17, 15) is 9.18 Å². The summed E-state index contributed by atoms with van der Waals surface area (Å²) in [4.78, 5) is 10.8. The van der Waals surface area contributed by atoms with Crippen molar-refractivity contribution >= 4 is 33.5 Å². The van der Waals surface area contributed by atoms with Crippen LogP contribution in [0.5, 0.6) is 0 Å². The zero-order valence-electron chi connectivity index (χ0n) is 8.17. The Hall–Kier alpha value is -1.40. The molecule has 1 heterocycles. The van der Waals surface area contributed by atoms with Crippen molar-refractivity contribution in [2.75, 3.05) is 0 Å². The van der Waals surface area contributed by atoms with E-state index in [0.717, 1.165) is 0 Å². The first-order valence-electron chi connectivity index (χ1n) is 4.43. The van der Waals surface area contributed by atoms with E-state index in [4.69, 9.17) is 16.7 Å². The van der Waals surface area contributed by atoms with Crippen LogP contribution in [0.1, 0.15) is 10.5 Å². The lowest BCUT2D eigenvalue weighted by Gasteiger charge is -2.00. The summed E-state index contributed by atoms with van der Waals surface area (Å²) in [6.07, 6.45) is 0. The fraction of sp³-hybridized carbons (Fsp3) is 0. The third kappa shape index (κ3) is 2.18. The van der Waals surface area contributed by atoms with Gasteiger partial charge in [0.05, 0.1) is 4.47 Å². The SMILES string of the molecule is O=C(O)c1[nH]nc(-c2cc(Cl)ccc2F)c1Br. The molecule has 0 saturated carbocycles. The zero-order valence-corrected chi connectivity index (χ0v) is 10.5. The molecular weight excluding hydrogens is 314 g/mol. The number of halogens is 3. The van der Waals surface area contributed by atoms with Crippen molar-refractivity contribution in [1.29, 1.82) is 0 Å². The molecule has 0 spiro atoms. The van der Waals surface area contributed by atoms with Crippen LogP contribution in [0.3, 0.4) is 0 Å². The molecule has 7 heteroatoms. The second-order valence-corrected chi connectivity index (χ2v) is 4.42. The number of rotatable bonds is 2. The van der Waals surface area contributed by atoms with Gasteiger partial charge < -0.3 is 5.11 Å². The third-order valence-electron chi connectivity index (χ3n) is 2.10. The Morgan fingerprint density at radius 3 is 2.82 bits per heavy atom. The van der Waals surface area contributed by atoms with Crippen LogP contribution >= 0.6 is 27.5 Å². The molecule has 17 heavy (non-hydrogen) atoms. The second-order valence-electron chi connectivity index (χ2n) is 3.19. The van der Waals surface area contributed by atoms with Gasteiger partial charge in [-0.2, -0.15) is 5.10 Å². The van der Waals surface area contributed by atoms with Crippen LogP contribution < -0.4 is 0 Å². The van der Waals surface area contributed by atoms with E-state index in [0.29, 0.717) is 5.02 Å². The molecule has 0 fully saturated rings. The molecule has 0 aliphatic carbocycles. The lowest BCUT2D eigenvalue weighted by Crippen LogP contribution is -1.97. The maximum atomic E-state index is 13.6. The molecule has 0 bridgehead atoms. The quantitative estimate of drug-likeness (QED) is 0.892. The summed E-state index contributed by atoms with van der Waals surface area (Å²) in [7, 11) is 0. The van der Waals surface area contributed by atoms with Crippen molar-refractivity contribution in [3.8, 4) is 11.3 Å². The van der Waals surface area contributed by atoms with Gasteiger partial charge in [-0.3, -0.25) is 5.10 Å². The molecule has 0 saturated heterocycles. The van der Waals surface area contributed by atoms with Gasteiger partial charge in [-0.15, -0.1) is 0 Å². The number of carbonyl (C=O) groups is 1. The van der Waals surface area contributed by atoms with Crippen molar-refractivity contribution in [1.82, 2.24) is 10.2 Å². The summed E-state index contributed by atoms with van der Waals surface area (Å²) in [5.41, 5.74) is 0.162. The molecule has 2 N–H and O–H groups in total. The highest BCUT2D eigenvalue weighted by molar-refractivity contribution is 9.10. The van der Waals surface area contributed by atoms with Crippen LogP contribution in [0.4, 0.5) is 4.39 Å². The molecule has 0 aliphatic heterocycles. The van der Waals surface area contributed by atoms with Crippen LogP contribution in [0, 0.1) is 5.82 Å². The van der Waals surface area contributed by atoms with E-state index in [1.807, 2.05) is 0 Å². The number of benzene rings is 1. The lowest BCUT2D eigenvalue weighted by molar-refractivity contribution is 0.0689. The maximum Gasteiger partial charge on any atom is 0.355 e. The normalized spacial score (nSPS) is 10.5. The highest BCUT2D eigenvalue weighted by Gasteiger charge is 2.19. The highest BCUT2D eigenvalue weighted by atomic mass is 79.9. The molecule has 1 aromatic heterocycles. The number of aromatic carboxylic acids is 1. The third-order valence-corrected chi connectivity index (χ3v) is 3.11. The summed E-state index contributed by atoms with van der Waals surface area (Å²) >= 11 is 8.82. The minimum absolute atomic E-state index is 0.133. The van der Waals surface area contributed by atoms with E-state index in [-0.39, 0.29) is 21.4 Å². The van der Waals surface area contributed by atoms with Gasteiger partial charge in [0.15, 0.2) is 5.69 Å². The average Bonchev–Trinajstić information content (AvgIpc) is 2.64. The van der Waals surface area contributed by atoms with Gasteiger partial charge in [0.2, 0.25) is 0 Å². The summed E-state index contributed by atoms with van der Waals surface area (Å²) < 4.78 is 13.8. The average molecular weight is 320 g/mol. The minimum atomic E-state index is -1.18.